The molecule has 0 spiro atoms. The Labute approximate surface area is 159 Å². The number of guanidine groups is 1. The summed E-state index contributed by atoms with van der Waals surface area (Å²) in [7, 11) is 7.08. The minimum absolute atomic E-state index is 0.0360. The van der Waals surface area contributed by atoms with Crippen LogP contribution in [0.5, 0.6) is 5.75 Å². The fraction of sp³-hybridized carbons (Fsp3) is 0.368. The number of amides is 1. The van der Waals surface area contributed by atoms with Crippen LogP contribution >= 0.6 is 11.3 Å². The fourth-order valence-electron chi connectivity index (χ4n) is 2.34. The van der Waals surface area contributed by atoms with Crippen molar-refractivity contribution in [1.82, 2.24) is 15.1 Å². The smallest absolute Gasteiger partial charge is 0.243 e. The van der Waals surface area contributed by atoms with Crippen molar-refractivity contribution in [3.05, 3.63) is 52.2 Å². The Morgan fingerprint density at radius 2 is 1.96 bits per heavy atom. The molecular weight excluding hydrogens is 348 g/mol. The van der Waals surface area contributed by atoms with Gasteiger partial charge in [-0.3, -0.25) is 4.79 Å². The first-order valence-electron chi connectivity index (χ1n) is 8.35. The topological polar surface area (TPSA) is 57.2 Å². The third-order valence-corrected chi connectivity index (χ3v) is 4.70. The minimum atomic E-state index is -0.0360. The van der Waals surface area contributed by atoms with Crippen molar-refractivity contribution in [3.8, 4) is 5.75 Å². The van der Waals surface area contributed by atoms with Gasteiger partial charge in [0.2, 0.25) is 5.91 Å². The van der Waals surface area contributed by atoms with Crippen molar-refractivity contribution in [2.24, 2.45) is 4.99 Å². The van der Waals surface area contributed by atoms with E-state index in [4.69, 9.17) is 4.74 Å². The molecule has 140 valence electrons. The Morgan fingerprint density at radius 3 is 2.62 bits per heavy atom. The molecule has 0 aliphatic heterocycles. The van der Waals surface area contributed by atoms with Crippen LogP contribution in [0.2, 0.25) is 0 Å². The van der Waals surface area contributed by atoms with Gasteiger partial charge in [0.25, 0.3) is 0 Å². The number of ether oxygens (including phenoxy) is 1. The van der Waals surface area contributed by atoms with E-state index in [-0.39, 0.29) is 12.5 Å². The van der Waals surface area contributed by atoms with Gasteiger partial charge < -0.3 is 19.9 Å². The normalized spacial score (nSPS) is 11.2. The van der Waals surface area contributed by atoms with Crippen LogP contribution in [0, 0.1) is 0 Å². The van der Waals surface area contributed by atoms with E-state index in [0.29, 0.717) is 19.0 Å². The van der Waals surface area contributed by atoms with Crippen LogP contribution in [0.1, 0.15) is 10.4 Å². The molecular formula is C19H26N4O2S. The molecule has 1 aromatic carbocycles. The van der Waals surface area contributed by atoms with Crippen molar-refractivity contribution in [3.63, 3.8) is 0 Å². The van der Waals surface area contributed by atoms with Crippen LogP contribution in [-0.4, -0.2) is 56.5 Å². The van der Waals surface area contributed by atoms with Gasteiger partial charge in [0.05, 0.1) is 13.7 Å². The Morgan fingerprint density at radius 1 is 1.19 bits per heavy atom. The SMILES string of the molecule is COc1ccccc1CN(C)C(=NCC(=O)N(C)C)NCc1cccs1. The van der Waals surface area contributed by atoms with Crippen LogP contribution < -0.4 is 10.1 Å². The molecule has 0 radical (unpaired) electrons. The summed E-state index contributed by atoms with van der Waals surface area (Å²) in [6, 6.07) is 12.0. The molecule has 0 atom stereocenters. The van der Waals surface area contributed by atoms with E-state index in [1.165, 1.54) is 4.88 Å². The number of nitrogens with zero attached hydrogens (tertiary/aromatic N) is 3. The number of carbonyl (C=O) groups is 1. The van der Waals surface area contributed by atoms with Crippen LogP contribution in [0.3, 0.4) is 0 Å². The van der Waals surface area contributed by atoms with Gasteiger partial charge in [-0.05, 0) is 17.5 Å². The quantitative estimate of drug-likeness (QED) is 0.597. The first-order valence-corrected chi connectivity index (χ1v) is 9.23. The molecule has 1 aromatic heterocycles. The molecule has 0 saturated heterocycles. The number of carbonyl (C=O) groups excluding carboxylic acids is 1. The molecule has 0 aliphatic rings. The van der Waals surface area contributed by atoms with E-state index >= 15 is 0 Å². The average Bonchev–Trinajstić information content (AvgIpc) is 3.15. The second-order valence-electron chi connectivity index (χ2n) is 6.03. The van der Waals surface area contributed by atoms with E-state index in [1.54, 1.807) is 37.4 Å². The maximum atomic E-state index is 11.9. The van der Waals surface area contributed by atoms with E-state index in [2.05, 4.69) is 16.4 Å². The van der Waals surface area contributed by atoms with Gasteiger partial charge in [-0.1, -0.05) is 24.3 Å². The summed E-state index contributed by atoms with van der Waals surface area (Å²) in [5.74, 6) is 1.48. The molecule has 0 aliphatic carbocycles. The summed E-state index contributed by atoms with van der Waals surface area (Å²) in [6.07, 6.45) is 0. The summed E-state index contributed by atoms with van der Waals surface area (Å²) < 4.78 is 5.43. The third kappa shape index (κ3) is 5.77. The van der Waals surface area contributed by atoms with Crippen molar-refractivity contribution in [2.75, 3.05) is 34.8 Å². The summed E-state index contributed by atoms with van der Waals surface area (Å²) >= 11 is 1.68. The highest BCUT2D eigenvalue weighted by Gasteiger charge is 2.12. The lowest BCUT2D eigenvalue weighted by molar-refractivity contribution is -0.127. The summed E-state index contributed by atoms with van der Waals surface area (Å²) in [4.78, 5) is 21.2. The first-order chi connectivity index (χ1) is 12.5. The minimum Gasteiger partial charge on any atom is -0.496 e. The standard InChI is InChI=1S/C19H26N4O2S/c1-22(2)18(24)13-21-19(20-12-16-9-7-11-26-16)23(3)14-15-8-5-6-10-17(15)25-4/h5-11H,12-14H2,1-4H3,(H,20,21). The second-order valence-corrected chi connectivity index (χ2v) is 7.06. The number of methoxy groups -OCH3 is 1. The predicted molar refractivity (Wildman–Crippen MR) is 107 cm³/mol. The zero-order valence-electron chi connectivity index (χ0n) is 15.7. The van der Waals surface area contributed by atoms with E-state index < -0.39 is 0 Å². The Kier molecular flexibility index (Phi) is 7.47. The zero-order valence-corrected chi connectivity index (χ0v) is 16.5. The van der Waals surface area contributed by atoms with Crippen molar-refractivity contribution < 1.29 is 9.53 Å². The van der Waals surface area contributed by atoms with Gasteiger partial charge >= 0.3 is 0 Å². The number of rotatable bonds is 7. The van der Waals surface area contributed by atoms with E-state index in [9.17, 15) is 4.79 Å². The monoisotopic (exact) mass is 374 g/mol. The molecule has 0 unspecified atom stereocenters. The Balaban J connectivity index is 2.12. The summed E-state index contributed by atoms with van der Waals surface area (Å²) in [6.45, 7) is 1.40. The molecule has 26 heavy (non-hydrogen) atoms. The third-order valence-electron chi connectivity index (χ3n) is 3.83. The molecule has 2 rings (SSSR count). The molecule has 1 amide bonds. The van der Waals surface area contributed by atoms with Crippen LogP contribution in [-0.2, 0) is 17.9 Å². The molecule has 1 heterocycles. The van der Waals surface area contributed by atoms with Gasteiger partial charge in [0.1, 0.15) is 12.3 Å². The zero-order chi connectivity index (χ0) is 18.9. The number of nitrogens with one attached hydrogen (secondary N) is 1. The molecule has 0 fully saturated rings. The lowest BCUT2D eigenvalue weighted by atomic mass is 10.2. The highest BCUT2D eigenvalue weighted by Crippen LogP contribution is 2.18. The molecule has 1 N–H and O–H groups in total. The predicted octanol–water partition coefficient (Wildman–Crippen LogP) is 2.42. The van der Waals surface area contributed by atoms with E-state index in [0.717, 1.165) is 11.3 Å². The summed E-state index contributed by atoms with van der Waals surface area (Å²) in [5.41, 5.74) is 1.06. The highest BCUT2D eigenvalue weighted by molar-refractivity contribution is 7.09. The number of para-hydroxylation sites is 1. The lowest BCUT2D eigenvalue weighted by Gasteiger charge is -2.23. The molecule has 0 saturated carbocycles. The van der Waals surface area contributed by atoms with Gasteiger partial charge in [-0.25, -0.2) is 4.99 Å². The van der Waals surface area contributed by atoms with Crippen LogP contribution in [0.25, 0.3) is 0 Å². The number of hydrogen-bond acceptors (Lipinski definition) is 4. The van der Waals surface area contributed by atoms with Crippen molar-refractivity contribution >= 4 is 23.2 Å². The van der Waals surface area contributed by atoms with Gasteiger partial charge in [-0.2, -0.15) is 0 Å². The van der Waals surface area contributed by atoms with Crippen LogP contribution in [0.4, 0.5) is 0 Å². The molecule has 2 aromatic rings. The second kappa shape index (κ2) is 9.82. The average molecular weight is 375 g/mol. The first kappa shape index (κ1) is 19.8. The van der Waals surface area contributed by atoms with Gasteiger partial charge in [-0.15, -0.1) is 11.3 Å². The fourth-order valence-corrected chi connectivity index (χ4v) is 2.98. The number of aliphatic imine (C=N–C) groups is 1. The molecule has 0 bridgehead atoms. The Bertz CT molecular complexity index is 729. The lowest BCUT2D eigenvalue weighted by Crippen LogP contribution is -2.39. The van der Waals surface area contributed by atoms with Crippen molar-refractivity contribution in [2.45, 2.75) is 13.1 Å². The van der Waals surface area contributed by atoms with Crippen molar-refractivity contribution in [1.29, 1.82) is 0 Å². The largest absolute Gasteiger partial charge is 0.496 e. The van der Waals surface area contributed by atoms with Gasteiger partial charge in [0, 0.05) is 38.1 Å². The number of likely N-dealkylation sites (N-methyl/N-ethyl adjacent to an activating group) is 1. The summed E-state index contributed by atoms with van der Waals surface area (Å²) in [5, 5.41) is 5.39. The van der Waals surface area contributed by atoms with E-state index in [1.807, 2.05) is 47.7 Å². The number of benzene rings is 1. The number of hydrogen-bond donors (Lipinski definition) is 1. The maximum absolute atomic E-state index is 11.9. The Hall–Kier alpha value is -2.54. The highest BCUT2D eigenvalue weighted by atomic mass is 32.1. The number of thiophene rings is 1. The molecule has 6 nitrogen and oxygen atoms in total. The molecule has 7 heteroatoms. The van der Waals surface area contributed by atoms with Crippen LogP contribution in [0.15, 0.2) is 46.8 Å². The maximum Gasteiger partial charge on any atom is 0.243 e. The van der Waals surface area contributed by atoms with Gasteiger partial charge in [0.15, 0.2) is 5.96 Å².